The number of nitrogens with zero attached hydrogens (tertiary/aromatic N) is 1. The summed E-state index contributed by atoms with van der Waals surface area (Å²) in [7, 11) is 0. The molecule has 0 rings (SSSR count). The Morgan fingerprint density at radius 2 is 2.00 bits per heavy atom. The van der Waals surface area contributed by atoms with Gasteiger partial charge in [-0.15, -0.1) is 0 Å². The monoisotopic (exact) mass is 200 g/mol. The van der Waals surface area contributed by atoms with Crippen LogP contribution < -0.4 is 16.4 Å². The van der Waals surface area contributed by atoms with Crippen molar-refractivity contribution in [3.63, 3.8) is 0 Å². The van der Waals surface area contributed by atoms with Crippen LogP contribution in [0.1, 0.15) is 27.7 Å². The summed E-state index contributed by atoms with van der Waals surface area (Å²) in [5.41, 5.74) is 5.52. The molecule has 0 atom stereocenters. The van der Waals surface area contributed by atoms with Crippen molar-refractivity contribution in [3.8, 4) is 0 Å². The van der Waals surface area contributed by atoms with E-state index in [1.165, 1.54) is 6.92 Å². The predicted octanol–water partition coefficient (Wildman–Crippen LogP) is -0.175. The summed E-state index contributed by atoms with van der Waals surface area (Å²) in [5.74, 6) is 0.352. The lowest BCUT2D eigenvalue weighted by Gasteiger charge is -2.20. The van der Waals surface area contributed by atoms with Crippen molar-refractivity contribution in [1.29, 1.82) is 0 Å². The normalized spacial score (nSPS) is 12.4. The second-order valence-electron chi connectivity index (χ2n) is 4.12. The highest BCUT2D eigenvalue weighted by atomic mass is 16.1. The van der Waals surface area contributed by atoms with Crippen LogP contribution in [0, 0.1) is 0 Å². The molecule has 0 aliphatic rings. The number of amides is 1. The smallest absolute Gasteiger partial charge is 0.216 e. The van der Waals surface area contributed by atoms with Gasteiger partial charge in [0.15, 0.2) is 5.96 Å². The van der Waals surface area contributed by atoms with Gasteiger partial charge in [-0.3, -0.25) is 9.79 Å². The predicted molar refractivity (Wildman–Crippen MR) is 58.1 cm³/mol. The summed E-state index contributed by atoms with van der Waals surface area (Å²) >= 11 is 0. The zero-order chi connectivity index (χ0) is 11.2. The van der Waals surface area contributed by atoms with Crippen LogP contribution in [0.5, 0.6) is 0 Å². The van der Waals surface area contributed by atoms with Gasteiger partial charge in [-0.05, 0) is 20.8 Å². The fourth-order valence-corrected chi connectivity index (χ4v) is 0.832. The maximum absolute atomic E-state index is 10.5. The number of hydrogen-bond donors (Lipinski definition) is 3. The summed E-state index contributed by atoms with van der Waals surface area (Å²) < 4.78 is 0. The van der Waals surface area contributed by atoms with Gasteiger partial charge in [0.25, 0.3) is 0 Å². The van der Waals surface area contributed by atoms with Crippen molar-refractivity contribution in [2.75, 3.05) is 13.1 Å². The maximum atomic E-state index is 10.5. The molecule has 82 valence electrons. The number of aliphatic imine (C=N–C) groups is 1. The Balaban J connectivity index is 3.72. The van der Waals surface area contributed by atoms with Gasteiger partial charge in [0, 0.05) is 19.0 Å². The van der Waals surface area contributed by atoms with E-state index in [1.807, 2.05) is 20.8 Å². The summed E-state index contributed by atoms with van der Waals surface area (Å²) in [4.78, 5) is 14.6. The average molecular weight is 200 g/mol. The van der Waals surface area contributed by atoms with Crippen LogP contribution in [0.2, 0.25) is 0 Å². The van der Waals surface area contributed by atoms with Crippen molar-refractivity contribution in [3.05, 3.63) is 0 Å². The van der Waals surface area contributed by atoms with Crippen molar-refractivity contribution in [2.24, 2.45) is 10.7 Å². The maximum Gasteiger partial charge on any atom is 0.216 e. The molecule has 5 nitrogen and oxygen atoms in total. The second kappa shape index (κ2) is 5.47. The molecule has 4 N–H and O–H groups in total. The summed E-state index contributed by atoms with van der Waals surface area (Å²) in [6.07, 6.45) is 0. The lowest BCUT2D eigenvalue weighted by molar-refractivity contribution is -0.118. The molecule has 0 aromatic rings. The van der Waals surface area contributed by atoms with E-state index in [9.17, 15) is 4.79 Å². The van der Waals surface area contributed by atoms with E-state index >= 15 is 0 Å². The highest BCUT2D eigenvalue weighted by Gasteiger charge is 2.09. The SMILES string of the molecule is CC(=O)NCCN=C(N)NC(C)(C)C. The summed E-state index contributed by atoms with van der Waals surface area (Å²) in [6, 6.07) is 0. The first-order valence-electron chi connectivity index (χ1n) is 4.64. The Bertz CT molecular complexity index is 217. The number of guanidine groups is 1. The van der Waals surface area contributed by atoms with Gasteiger partial charge >= 0.3 is 0 Å². The fourth-order valence-electron chi connectivity index (χ4n) is 0.832. The van der Waals surface area contributed by atoms with Crippen molar-refractivity contribution in [2.45, 2.75) is 33.2 Å². The molecule has 0 aromatic carbocycles. The first-order chi connectivity index (χ1) is 6.31. The minimum Gasteiger partial charge on any atom is -0.370 e. The van der Waals surface area contributed by atoms with Gasteiger partial charge in [-0.1, -0.05) is 0 Å². The molecular formula is C9H20N4O. The average Bonchev–Trinajstić information content (AvgIpc) is 1.94. The number of carbonyl (C=O) groups excluding carboxylic acids is 1. The van der Waals surface area contributed by atoms with E-state index in [2.05, 4.69) is 15.6 Å². The number of carbonyl (C=O) groups is 1. The lowest BCUT2D eigenvalue weighted by atomic mass is 10.1. The van der Waals surface area contributed by atoms with E-state index in [-0.39, 0.29) is 11.4 Å². The van der Waals surface area contributed by atoms with Gasteiger partial charge in [0.2, 0.25) is 5.91 Å². The van der Waals surface area contributed by atoms with Gasteiger partial charge in [0.05, 0.1) is 6.54 Å². The van der Waals surface area contributed by atoms with Crippen LogP contribution in [0.15, 0.2) is 4.99 Å². The topological polar surface area (TPSA) is 79.5 Å². The molecule has 0 bridgehead atoms. The van der Waals surface area contributed by atoms with E-state index in [0.29, 0.717) is 19.0 Å². The van der Waals surface area contributed by atoms with Gasteiger partial charge in [-0.2, -0.15) is 0 Å². The first-order valence-corrected chi connectivity index (χ1v) is 4.64. The van der Waals surface area contributed by atoms with E-state index < -0.39 is 0 Å². The van der Waals surface area contributed by atoms with E-state index in [1.54, 1.807) is 0 Å². The van der Waals surface area contributed by atoms with Crippen LogP contribution in [0.25, 0.3) is 0 Å². The highest BCUT2D eigenvalue weighted by Crippen LogP contribution is 1.96. The second-order valence-corrected chi connectivity index (χ2v) is 4.12. The van der Waals surface area contributed by atoms with Crippen molar-refractivity contribution < 1.29 is 4.79 Å². The van der Waals surface area contributed by atoms with Crippen LogP contribution in [-0.2, 0) is 4.79 Å². The molecule has 5 heteroatoms. The third-order valence-corrected chi connectivity index (χ3v) is 1.27. The van der Waals surface area contributed by atoms with Crippen LogP contribution in [0.3, 0.4) is 0 Å². The summed E-state index contributed by atoms with van der Waals surface area (Å²) in [5, 5.41) is 5.66. The quantitative estimate of drug-likeness (QED) is 0.336. The minimum atomic E-state index is -0.0818. The number of hydrogen-bond acceptors (Lipinski definition) is 2. The highest BCUT2D eigenvalue weighted by molar-refractivity contribution is 5.78. The molecule has 0 saturated heterocycles. The molecule has 0 fully saturated rings. The molecule has 0 saturated carbocycles. The Hall–Kier alpha value is -1.26. The molecule has 0 spiro atoms. The molecule has 0 aromatic heterocycles. The molecule has 0 radical (unpaired) electrons. The number of rotatable bonds is 3. The molecular weight excluding hydrogens is 180 g/mol. The van der Waals surface area contributed by atoms with Gasteiger partial charge in [-0.25, -0.2) is 0 Å². The fraction of sp³-hybridized carbons (Fsp3) is 0.778. The lowest BCUT2D eigenvalue weighted by Crippen LogP contribution is -2.45. The Morgan fingerprint density at radius 1 is 1.43 bits per heavy atom. The van der Waals surface area contributed by atoms with E-state index in [0.717, 1.165) is 0 Å². The third-order valence-electron chi connectivity index (χ3n) is 1.27. The van der Waals surface area contributed by atoms with Crippen LogP contribution in [0.4, 0.5) is 0 Å². The molecule has 0 aliphatic carbocycles. The van der Waals surface area contributed by atoms with Crippen molar-refractivity contribution >= 4 is 11.9 Å². The molecule has 0 heterocycles. The zero-order valence-corrected chi connectivity index (χ0v) is 9.35. The van der Waals surface area contributed by atoms with Gasteiger partial charge in [0.1, 0.15) is 0 Å². The first kappa shape index (κ1) is 12.7. The van der Waals surface area contributed by atoms with Crippen LogP contribution in [-0.4, -0.2) is 30.5 Å². The zero-order valence-electron chi connectivity index (χ0n) is 9.35. The largest absolute Gasteiger partial charge is 0.370 e. The number of nitrogens with one attached hydrogen (secondary N) is 2. The number of nitrogens with two attached hydrogens (primary N) is 1. The minimum absolute atomic E-state index is 0.0532. The Labute approximate surface area is 85.2 Å². The summed E-state index contributed by atoms with van der Waals surface area (Å²) in [6.45, 7) is 8.49. The van der Waals surface area contributed by atoms with Gasteiger partial charge < -0.3 is 16.4 Å². The van der Waals surface area contributed by atoms with Crippen LogP contribution >= 0.6 is 0 Å². The Morgan fingerprint density at radius 3 is 2.43 bits per heavy atom. The van der Waals surface area contributed by atoms with Crippen molar-refractivity contribution in [1.82, 2.24) is 10.6 Å². The molecule has 0 aliphatic heterocycles. The van der Waals surface area contributed by atoms with E-state index in [4.69, 9.17) is 5.73 Å². The molecule has 14 heavy (non-hydrogen) atoms. The molecule has 0 unspecified atom stereocenters. The standard InChI is InChI=1S/C9H20N4O/c1-7(14)11-5-6-12-8(10)13-9(2,3)4/h5-6H2,1-4H3,(H,11,14)(H3,10,12,13). The molecule has 1 amide bonds. The third kappa shape index (κ3) is 8.83. The Kier molecular flexibility index (Phi) is 4.97.